The molecule has 2 rings (SSSR count). The molecule has 1 heterocycles. The molecule has 5 heteroatoms. The van der Waals surface area contributed by atoms with Crippen molar-refractivity contribution in [1.82, 2.24) is 5.32 Å². The molecule has 92 valence electrons. The summed E-state index contributed by atoms with van der Waals surface area (Å²) < 4.78 is 10.1. The largest absolute Gasteiger partial charge is 0.468 e. The van der Waals surface area contributed by atoms with E-state index in [1.54, 1.807) is 6.07 Å². The number of hydrogen-bond acceptors (Lipinski definition) is 5. The first-order chi connectivity index (χ1) is 8.76. The SMILES string of the molecule is COC(=O)/C(C#N)=C1/NCC(c2ccccc2)O1. The van der Waals surface area contributed by atoms with E-state index >= 15 is 0 Å². The second-order valence-corrected chi connectivity index (χ2v) is 3.71. The molecule has 1 saturated heterocycles. The lowest BCUT2D eigenvalue weighted by molar-refractivity contribution is -0.135. The summed E-state index contributed by atoms with van der Waals surface area (Å²) in [6.45, 7) is 0.515. The van der Waals surface area contributed by atoms with Crippen molar-refractivity contribution in [2.45, 2.75) is 6.10 Å². The minimum atomic E-state index is -0.700. The lowest BCUT2D eigenvalue weighted by Crippen LogP contribution is -2.13. The number of hydrogen-bond donors (Lipinski definition) is 1. The van der Waals surface area contributed by atoms with Crippen molar-refractivity contribution in [2.24, 2.45) is 0 Å². The van der Waals surface area contributed by atoms with E-state index in [1.165, 1.54) is 7.11 Å². The lowest BCUT2D eigenvalue weighted by Gasteiger charge is -2.09. The molecule has 1 fully saturated rings. The molecular formula is C13H12N2O3. The molecule has 0 bridgehead atoms. The Kier molecular flexibility index (Phi) is 3.49. The van der Waals surface area contributed by atoms with Crippen molar-refractivity contribution in [2.75, 3.05) is 13.7 Å². The second-order valence-electron chi connectivity index (χ2n) is 3.71. The van der Waals surface area contributed by atoms with Gasteiger partial charge in [-0.15, -0.1) is 0 Å². The van der Waals surface area contributed by atoms with E-state index < -0.39 is 5.97 Å². The van der Waals surface area contributed by atoms with Crippen molar-refractivity contribution in [3.05, 3.63) is 47.4 Å². The molecule has 1 aromatic rings. The highest BCUT2D eigenvalue weighted by Gasteiger charge is 2.27. The third-order valence-electron chi connectivity index (χ3n) is 2.61. The third kappa shape index (κ3) is 2.28. The van der Waals surface area contributed by atoms with Gasteiger partial charge >= 0.3 is 5.97 Å². The number of nitrogens with one attached hydrogen (secondary N) is 1. The van der Waals surface area contributed by atoms with Gasteiger partial charge in [0.15, 0.2) is 5.57 Å². The van der Waals surface area contributed by atoms with E-state index in [-0.39, 0.29) is 17.6 Å². The minimum absolute atomic E-state index is 0.143. The maximum Gasteiger partial charge on any atom is 0.354 e. The van der Waals surface area contributed by atoms with Crippen LogP contribution in [0.3, 0.4) is 0 Å². The Bertz CT molecular complexity index is 517. The predicted molar refractivity (Wildman–Crippen MR) is 62.9 cm³/mol. The standard InChI is InChI=1S/C13H12N2O3/c1-17-13(16)10(7-14)12-15-8-11(18-12)9-5-3-2-4-6-9/h2-6,11,15H,8H2,1H3/b12-10-. The molecule has 0 spiro atoms. The summed E-state index contributed by atoms with van der Waals surface area (Å²) in [4.78, 5) is 11.4. The Balaban J connectivity index is 2.20. The van der Waals surface area contributed by atoms with Gasteiger partial charge in [-0.2, -0.15) is 5.26 Å². The number of benzene rings is 1. The summed E-state index contributed by atoms with van der Waals surface area (Å²) in [5.74, 6) is -0.521. The number of esters is 1. The average molecular weight is 244 g/mol. The van der Waals surface area contributed by atoms with Crippen molar-refractivity contribution < 1.29 is 14.3 Å². The summed E-state index contributed by atoms with van der Waals surface area (Å²) in [5, 5.41) is 11.8. The fraction of sp³-hybridized carbons (Fsp3) is 0.231. The van der Waals surface area contributed by atoms with Crippen LogP contribution in [0.25, 0.3) is 0 Å². The third-order valence-corrected chi connectivity index (χ3v) is 2.61. The van der Waals surface area contributed by atoms with Crippen LogP contribution in [0.1, 0.15) is 11.7 Å². The summed E-state index contributed by atoms with van der Waals surface area (Å²) in [6.07, 6.45) is -0.200. The van der Waals surface area contributed by atoms with Gasteiger partial charge in [0.25, 0.3) is 0 Å². The Morgan fingerprint density at radius 3 is 2.83 bits per heavy atom. The van der Waals surface area contributed by atoms with Crippen LogP contribution >= 0.6 is 0 Å². The molecule has 0 aliphatic carbocycles. The monoisotopic (exact) mass is 244 g/mol. The molecule has 0 saturated carbocycles. The highest BCUT2D eigenvalue weighted by molar-refractivity contribution is 5.93. The highest BCUT2D eigenvalue weighted by atomic mass is 16.5. The molecule has 1 N–H and O–H groups in total. The van der Waals surface area contributed by atoms with Gasteiger partial charge in [0.05, 0.1) is 13.7 Å². The number of carbonyl (C=O) groups is 1. The van der Waals surface area contributed by atoms with Crippen LogP contribution in [0.15, 0.2) is 41.8 Å². The van der Waals surface area contributed by atoms with Crippen LogP contribution in [0.2, 0.25) is 0 Å². The Morgan fingerprint density at radius 2 is 2.22 bits per heavy atom. The predicted octanol–water partition coefficient (Wildman–Crippen LogP) is 1.26. The molecule has 1 aliphatic rings. The first kappa shape index (κ1) is 12.0. The molecular weight excluding hydrogens is 232 g/mol. The summed E-state index contributed by atoms with van der Waals surface area (Å²) in [7, 11) is 1.23. The minimum Gasteiger partial charge on any atom is -0.468 e. The molecule has 1 aliphatic heterocycles. The molecule has 1 unspecified atom stereocenters. The molecule has 1 atom stereocenters. The van der Waals surface area contributed by atoms with Crippen LogP contribution in [0.5, 0.6) is 0 Å². The van der Waals surface area contributed by atoms with Crippen molar-refractivity contribution in [3.8, 4) is 6.07 Å². The van der Waals surface area contributed by atoms with Crippen LogP contribution in [-0.4, -0.2) is 19.6 Å². The van der Waals surface area contributed by atoms with Gasteiger partial charge in [-0.05, 0) is 5.56 Å². The topological polar surface area (TPSA) is 71.4 Å². The maximum atomic E-state index is 11.4. The van der Waals surface area contributed by atoms with Crippen molar-refractivity contribution in [3.63, 3.8) is 0 Å². The lowest BCUT2D eigenvalue weighted by atomic mass is 10.1. The van der Waals surface area contributed by atoms with Gasteiger partial charge < -0.3 is 14.8 Å². The van der Waals surface area contributed by atoms with Gasteiger partial charge in [0.2, 0.25) is 5.88 Å². The number of nitrogens with zero attached hydrogens (tertiary/aromatic N) is 1. The van der Waals surface area contributed by atoms with Crippen LogP contribution in [0, 0.1) is 11.3 Å². The molecule has 18 heavy (non-hydrogen) atoms. The fourth-order valence-corrected chi connectivity index (χ4v) is 1.70. The van der Waals surface area contributed by atoms with Crippen molar-refractivity contribution in [1.29, 1.82) is 5.26 Å². The normalized spacial score (nSPS) is 20.3. The number of nitriles is 1. The molecule has 1 aromatic carbocycles. The van der Waals surface area contributed by atoms with E-state index in [9.17, 15) is 4.79 Å². The van der Waals surface area contributed by atoms with E-state index in [1.807, 2.05) is 30.3 Å². The molecule has 0 radical (unpaired) electrons. The van der Waals surface area contributed by atoms with E-state index in [0.717, 1.165) is 5.56 Å². The summed E-state index contributed by atoms with van der Waals surface area (Å²) in [5.41, 5.74) is 0.845. The van der Waals surface area contributed by atoms with Crippen LogP contribution in [0.4, 0.5) is 0 Å². The van der Waals surface area contributed by atoms with E-state index in [4.69, 9.17) is 10.00 Å². The second kappa shape index (κ2) is 5.23. The van der Waals surface area contributed by atoms with Gasteiger partial charge in [0.1, 0.15) is 12.2 Å². The smallest absolute Gasteiger partial charge is 0.354 e. The molecule has 5 nitrogen and oxygen atoms in total. The zero-order valence-electron chi connectivity index (χ0n) is 9.84. The van der Waals surface area contributed by atoms with E-state index in [0.29, 0.717) is 6.54 Å². The maximum absolute atomic E-state index is 11.4. The molecule has 0 aromatic heterocycles. The fourth-order valence-electron chi connectivity index (χ4n) is 1.70. The van der Waals surface area contributed by atoms with E-state index in [2.05, 4.69) is 10.1 Å². The number of ether oxygens (including phenoxy) is 2. The zero-order valence-corrected chi connectivity index (χ0v) is 9.84. The number of methoxy groups -OCH3 is 1. The molecule has 0 amide bonds. The Morgan fingerprint density at radius 1 is 1.50 bits per heavy atom. The summed E-state index contributed by atoms with van der Waals surface area (Å²) in [6, 6.07) is 11.4. The van der Waals surface area contributed by atoms with Crippen LogP contribution in [-0.2, 0) is 14.3 Å². The highest BCUT2D eigenvalue weighted by Crippen LogP contribution is 2.25. The van der Waals surface area contributed by atoms with Gasteiger partial charge in [0, 0.05) is 0 Å². The first-order valence-electron chi connectivity index (χ1n) is 5.44. The van der Waals surface area contributed by atoms with Gasteiger partial charge in [-0.3, -0.25) is 0 Å². The van der Waals surface area contributed by atoms with Crippen LogP contribution < -0.4 is 5.32 Å². The average Bonchev–Trinajstić information content (AvgIpc) is 2.90. The quantitative estimate of drug-likeness (QED) is 0.481. The Labute approximate surface area is 105 Å². The number of rotatable bonds is 2. The van der Waals surface area contributed by atoms with Gasteiger partial charge in [-0.1, -0.05) is 30.3 Å². The number of carbonyl (C=O) groups excluding carboxylic acids is 1. The Hall–Kier alpha value is -2.48. The van der Waals surface area contributed by atoms with Crippen molar-refractivity contribution >= 4 is 5.97 Å². The van der Waals surface area contributed by atoms with Gasteiger partial charge in [-0.25, -0.2) is 4.79 Å². The first-order valence-corrected chi connectivity index (χ1v) is 5.44. The zero-order chi connectivity index (χ0) is 13.0. The summed E-state index contributed by atoms with van der Waals surface area (Å²) >= 11 is 0.